The first kappa shape index (κ1) is 22.9. The van der Waals surface area contributed by atoms with E-state index >= 15 is 0 Å². The van der Waals surface area contributed by atoms with Gasteiger partial charge < -0.3 is 10.2 Å². The molecular weight excluding hydrogens is 300 g/mol. The maximum atomic E-state index is 10.4. The van der Waals surface area contributed by atoms with Gasteiger partial charge in [-0.2, -0.15) is 0 Å². The van der Waals surface area contributed by atoms with Gasteiger partial charge in [0.15, 0.2) is 0 Å². The lowest BCUT2D eigenvalue weighted by molar-refractivity contribution is -0.139. The summed E-state index contributed by atoms with van der Waals surface area (Å²) in [5.41, 5.74) is 0. The van der Waals surface area contributed by atoms with Crippen molar-refractivity contribution in [1.82, 2.24) is 0 Å². The number of aliphatic hydroxyl groups excluding tert-OH is 1. The van der Waals surface area contributed by atoms with E-state index in [0.717, 1.165) is 19.3 Å². The van der Waals surface area contributed by atoms with Gasteiger partial charge in [0.05, 0.1) is 12.5 Å². The third kappa shape index (κ3) is 19.0. The topological polar surface area (TPSA) is 57.5 Å². The Balaban J connectivity index is 3.24. The van der Waals surface area contributed by atoms with Crippen LogP contribution in [0.4, 0.5) is 0 Å². The first-order valence-corrected chi connectivity index (χ1v) is 9.86. The lowest BCUT2D eigenvalue weighted by atomic mass is 10.0. The fourth-order valence-corrected chi connectivity index (χ4v) is 2.67. The summed E-state index contributed by atoms with van der Waals surface area (Å²) in [4.78, 5) is 10.4. The summed E-state index contributed by atoms with van der Waals surface area (Å²) >= 11 is 0. The van der Waals surface area contributed by atoms with Crippen LogP contribution in [0.25, 0.3) is 0 Å². The summed E-state index contributed by atoms with van der Waals surface area (Å²) in [7, 11) is 0. The number of allylic oxidation sites excluding steroid dienone is 4. The molecule has 3 heteroatoms. The fraction of sp³-hybridized carbons (Fsp3) is 0.762. The van der Waals surface area contributed by atoms with Crippen molar-refractivity contribution in [3.8, 4) is 0 Å². The minimum atomic E-state index is -0.914. The quantitative estimate of drug-likeness (QED) is 0.252. The van der Waals surface area contributed by atoms with Crippen LogP contribution in [0.5, 0.6) is 0 Å². The van der Waals surface area contributed by atoms with Crippen molar-refractivity contribution in [2.45, 2.75) is 103 Å². The SMILES string of the molecule is CCCCC/C=C/C/C=C/CCCCCCCCC(O)CC(=O)O. The summed E-state index contributed by atoms with van der Waals surface area (Å²) < 4.78 is 0. The van der Waals surface area contributed by atoms with Crippen LogP contribution < -0.4 is 0 Å². The van der Waals surface area contributed by atoms with E-state index in [4.69, 9.17) is 5.11 Å². The normalized spacial score (nSPS) is 13.1. The molecule has 0 spiro atoms. The maximum Gasteiger partial charge on any atom is 0.305 e. The molecule has 0 radical (unpaired) electrons. The smallest absolute Gasteiger partial charge is 0.305 e. The monoisotopic (exact) mass is 338 g/mol. The van der Waals surface area contributed by atoms with Crippen LogP contribution in [0, 0.1) is 0 Å². The molecule has 2 N–H and O–H groups in total. The molecule has 0 fully saturated rings. The van der Waals surface area contributed by atoms with Gasteiger partial charge in [0.25, 0.3) is 0 Å². The van der Waals surface area contributed by atoms with Crippen molar-refractivity contribution in [2.24, 2.45) is 0 Å². The highest BCUT2D eigenvalue weighted by atomic mass is 16.4. The van der Waals surface area contributed by atoms with E-state index in [2.05, 4.69) is 31.2 Å². The first-order chi connectivity index (χ1) is 11.7. The van der Waals surface area contributed by atoms with Gasteiger partial charge in [0, 0.05) is 0 Å². The number of hydrogen-bond acceptors (Lipinski definition) is 2. The zero-order chi connectivity index (χ0) is 17.9. The van der Waals surface area contributed by atoms with Crippen LogP contribution in [-0.2, 0) is 4.79 Å². The Hall–Kier alpha value is -1.09. The van der Waals surface area contributed by atoms with Gasteiger partial charge in [0.1, 0.15) is 0 Å². The Labute approximate surface area is 148 Å². The molecule has 0 bridgehead atoms. The summed E-state index contributed by atoms with van der Waals surface area (Å²) in [6.45, 7) is 2.24. The lowest BCUT2D eigenvalue weighted by Crippen LogP contribution is -2.12. The lowest BCUT2D eigenvalue weighted by Gasteiger charge is -2.07. The van der Waals surface area contributed by atoms with Crippen LogP contribution >= 0.6 is 0 Å². The molecule has 0 saturated heterocycles. The summed E-state index contributed by atoms with van der Waals surface area (Å²) in [5, 5.41) is 18.0. The van der Waals surface area contributed by atoms with Crippen LogP contribution in [-0.4, -0.2) is 22.3 Å². The number of carboxylic acids is 1. The molecule has 24 heavy (non-hydrogen) atoms. The molecule has 0 aliphatic heterocycles. The zero-order valence-electron chi connectivity index (χ0n) is 15.6. The van der Waals surface area contributed by atoms with Crippen LogP contribution in [0.2, 0.25) is 0 Å². The number of aliphatic carboxylic acids is 1. The van der Waals surface area contributed by atoms with Gasteiger partial charge in [-0.25, -0.2) is 0 Å². The van der Waals surface area contributed by atoms with Crippen LogP contribution in [0.15, 0.2) is 24.3 Å². The zero-order valence-corrected chi connectivity index (χ0v) is 15.6. The Kier molecular flexibility index (Phi) is 17.4. The highest BCUT2D eigenvalue weighted by Gasteiger charge is 2.08. The second kappa shape index (κ2) is 18.3. The molecule has 3 nitrogen and oxygen atoms in total. The molecule has 140 valence electrons. The van der Waals surface area contributed by atoms with Gasteiger partial charge in [-0.15, -0.1) is 0 Å². The molecule has 0 aromatic rings. The minimum Gasteiger partial charge on any atom is -0.481 e. The number of carbonyl (C=O) groups is 1. The number of hydrogen-bond donors (Lipinski definition) is 2. The van der Waals surface area contributed by atoms with E-state index in [0.29, 0.717) is 6.42 Å². The van der Waals surface area contributed by atoms with E-state index in [1.807, 2.05) is 0 Å². The number of unbranched alkanes of at least 4 members (excludes halogenated alkanes) is 9. The second-order valence-corrected chi connectivity index (χ2v) is 6.62. The minimum absolute atomic E-state index is 0.125. The Morgan fingerprint density at radius 1 is 0.833 bits per heavy atom. The molecule has 0 aliphatic carbocycles. The van der Waals surface area contributed by atoms with Crippen molar-refractivity contribution in [2.75, 3.05) is 0 Å². The summed E-state index contributed by atoms with van der Waals surface area (Å²) in [6, 6.07) is 0. The third-order valence-electron chi connectivity index (χ3n) is 4.15. The highest BCUT2D eigenvalue weighted by Crippen LogP contribution is 2.11. The first-order valence-electron chi connectivity index (χ1n) is 9.86. The van der Waals surface area contributed by atoms with Crippen molar-refractivity contribution < 1.29 is 15.0 Å². The average Bonchev–Trinajstić information content (AvgIpc) is 2.53. The Morgan fingerprint density at radius 2 is 1.38 bits per heavy atom. The van der Waals surface area contributed by atoms with Gasteiger partial charge in [-0.3, -0.25) is 4.79 Å². The fourth-order valence-electron chi connectivity index (χ4n) is 2.67. The molecule has 0 aliphatic rings. The molecule has 0 amide bonds. The predicted octanol–water partition coefficient (Wildman–Crippen LogP) is 6.03. The van der Waals surface area contributed by atoms with Gasteiger partial charge in [-0.05, 0) is 38.5 Å². The van der Waals surface area contributed by atoms with E-state index in [-0.39, 0.29) is 6.42 Å². The Morgan fingerprint density at radius 3 is 1.96 bits per heavy atom. The largest absolute Gasteiger partial charge is 0.481 e. The Bertz CT molecular complexity index is 334. The van der Waals surface area contributed by atoms with Gasteiger partial charge in [0.2, 0.25) is 0 Å². The van der Waals surface area contributed by atoms with E-state index in [9.17, 15) is 9.90 Å². The van der Waals surface area contributed by atoms with E-state index in [1.54, 1.807) is 0 Å². The molecule has 0 heterocycles. The van der Waals surface area contributed by atoms with E-state index in [1.165, 1.54) is 57.8 Å². The van der Waals surface area contributed by atoms with Gasteiger partial charge >= 0.3 is 5.97 Å². The van der Waals surface area contributed by atoms with Gasteiger partial charge in [-0.1, -0.05) is 76.2 Å². The standard InChI is InChI=1S/C21H38O3/c1-2-3-4-5-6-7-8-9-10-11-12-13-14-15-16-17-18-20(22)19-21(23)24/h6-7,9-10,20,22H,2-5,8,11-19H2,1H3,(H,23,24)/b7-6+,10-9+. The molecular formula is C21H38O3. The molecule has 1 atom stereocenters. The van der Waals surface area contributed by atoms with Crippen molar-refractivity contribution in [1.29, 1.82) is 0 Å². The van der Waals surface area contributed by atoms with Crippen molar-refractivity contribution in [3.63, 3.8) is 0 Å². The molecule has 1 unspecified atom stereocenters. The predicted molar refractivity (Wildman–Crippen MR) is 102 cm³/mol. The summed E-state index contributed by atoms with van der Waals surface area (Å²) in [5.74, 6) is -0.914. The van der Waals surface area contributed by atoms with Crippen LogP contribution in [0.3, 0.4) is 0 Å². The van der Waals surface area contributed by atoms with Crippen molar-refractivity contribution in [3.05, 3.63) is 24.3 Å². The average molecular weight is 339 g/mol. The van der Waals surface area contributed by atoms with E-state index < -0.39 is 12.1 Å². The molecule has 0 saturated carbocycles. The highest BCUT2D eigenvalue weighted by molar-refractivity contribution is 5.67. The molecule has 0 rings (SSSR count). The second-order valence-electron chi connectivity index (χ2n) is 6.62. The molecule has 0 aromatic carbocycles. The van der Waals surface area contributed by atoms with Crippen molar-refractivity contribution >= 4 is 5.97 Å². The number of aliphatic hydroxyl groups is 1. The summed E-state index contributed by atoms with van der Waals surface area (Å²) in [6.07, 6.45) is 23.3. The maximum absolute atomic E-state index is 10.4. The van der Waals surface area contributed by atoms with Crippen LogP contribution in [0.1, 0.15) is 96.8 Å². The number of rotatable bonds is 17. The third-order valence-corrected chi connectivity index (χ3v) is 4.15. The number of carboxylic acid groups (broad SMARTS) is 1. The molecule has 0 aromatic heterocycles.